The van der Waals surface area contributed by atoms with E-state index in [1.807, 2.05) is 35.9 Å². The molecule has 0 saturated heterocycles. The number of aryl methyl sites for hydroxylation is 1. The fraction of sp³-hybridized carbons (Fsp3) is 0.0714. The Bertz CT molecular complexity index is 744. The molecule has 1 aromatic carbocycles. The van der Waals surface area contributed by atoms with Gasteiger partial charge >= 0.3 is 0 Å². The van der Waals surface area contributed by atoms with E-state index in [1.165, 1.54) is 16.9 Å². The number of carbonyl (C=O) groups is 1. The zero-order chi connectivity index (χ0) is 13.4. The summed E-state index contributed by atoms with van der Waals surface area (Å²) < 4.78 is 1.05. The number of nitrogens with two attached hydrogens (primary N) is 1. The first-order chi connectivity index (χ1) is 9.15. The molecule has 5 heteroatoms. The summed E-state index contributed by atoms with van der Waals surface area (Å²) in [5, 5.41) is 7.62. The fourth-order valence-electron chi connectivity index (χ4n) is 1.92. The molecule has 0 aliphatic carbocycles. The first kappa shape index (κ1) is 12.2. The second kappa shape index (κ2) is 4.68. The van der Waals surface area contributed by atoms with Crippen molar-refractivity contribution >= 4 is 50.0 Å². The Kier molecular flexibility index (Phi) is 3.00. The molecule has 96 valence electrons. The summed E-state index contributed by atoms with van der Waals surface area (Å²) in [6, 6.07) is 7.90. The minimum atomic E-state index is -0.144. The van der Waals surface area contributed by atoms with Crippen LogP contribution in [-0.2, 0) is 0 Å². The van der Waals surface area contributed by atoms with E-state index in [9.17, 15) is 4.79 Å². The molecule has 3 rings (SSSR count). The molecular formula is C14H12N2OS2. The molecule has 0 aliphatic heterocycles. The number of hydrogen-bond acceptors (Lipinski definition) is 4. The number of rotatable bonds is 2. The van der Waals surface area contributed by atoms with Crippen LogP contribution in [0.25, 0.3) is 10.1 Å². The van der Waals surface area contributed by atoms with Gasteiger partial charge in [0.2, 0.25) is 0 Å². The van der Waals surface area contributed by atoms with Crippen molar-refractivity contribution < 1.29 is 4.79 Å². The molecule has 19 heavy (non-hydrogen) atoms. The molecule has 3 nitrogen and oxygen atoms in total. The van der Waals surface area contributed by atoms with Crippen LogP contribution >= 0.6 is 22.7 Å². The van der Waals surface area contributed by atoms with Gasteiger partial charge in [0.15, 0.2) is 0 Å². The number of nitrogens with one attached hydrogen (secondary N) is 1. The van der Waals surface area contributed by atoms with E-state index in [4.69, 9.17) is 5.73 Å². The largest absolute Gasteiger partial charge is 0.397 e. The molecular weight excluding hydrogens is 276 g/mol. The first-order valence-electron chi connectivity index (χ1n) is 5.77. The number of carbonyl (C=O) groups excluding carboxylic acids is 1. The smallest absolute Gasteiger partial charge is 0.267 e. The Labute approximate surface area is 118 Å². The van der Waals surface area contributed by atoms with Gasteiger partial charge in [0.1, 0.15) is 4.88 Å². The molecule has 0 saturated carbocycles. The maximum atomic E-state index is 12.2. The summed E-state index contributed by atoms with van der Waals surface area (Å²) in [6.45, 7) is 2.03. The minimum absolute atomic E-state index is 0.144. The van der Waals surface area contributed by atoms with Crippen molar-refractivity contribution in [3.05, 3.63) is 45.5 Å². The Morgan fingerprint density at radius 1 is 1.32 bits per heavy atom. The number of nitrogen functional groups attached to an aromatic ring is 1. The van der Waals surface area contributed by atoms with Crippen molar-refractivity contribution in [1.82, 2.24) is 0 Å². The van der Waals surface area contributed by atoms with E-state index in [-0.39, 0.29) is 5.91 Å². The molecule has 3 aromatic rings. The molecule has 2 aromatic heterocycles. The second-order valence-electron chi connectivity index (χ2n) is 4.31. The normalized spacial score (nSPS) is 10.8. The predicted molar refractivity (Wildman–Crippen MR) is 83.2 cm³/mol. The van der Waals surface area contributed by atoms with E-state index in [1.54, 1.807) is 11.3 Å². The van der Waals surface area contributed by atoms with Crippen LogP contribution in [0.2, 0.25) is 0 Å². The van der Waals surface area contributed by atoms with Crippen LogP contribution in [-0.4, -0.2) is 5.91 Å². The quantitative estimate of drug-likeness (QED) is 0.745. The molecule has 3 N–H and O–H groups in total. The topological polar surface area (TPSA) is 55.1 Å². The summed E-state index contributed by atoms with van der Waals surface area (Å²) in [4.78, 5) is 12.8. The number of hydrogen-bond donors (Lipinski definition) is 2. The van der Waals surface area contributed by atoms with Gasteiger partial charge in [-0.15, -0.1) is 11.3 Å². The van der Waals surface area contributed by atoms with Crippen LogP contribution < -0.4 is 11.1 Å². The van der Waals surface area contributed by atoms with E-state index in [0.29, 0.717) is 10.6 Å². The van der Waals surface area contributed by atoms with Gasteiger partial charge in [-0.3, -0.25) is 4.79 Å². The SMILES string of the molecule is Cc1ccc2c(N)c(C(=O)Nc3ccsc3)sc2c1. The highest BCUT2D eigenvalue weighted by atomic mass is 32.1. The van der Waals surface area contributed by atoms with E-state index in [0.717, 1.165) is 15.8 Å². The Hall–Kier alpha value is -1.85. The van der Waals surface area contributed by atoms with E-state index in [2.05, 4.69) is 11.4 Å². The highest BCUT2D eigenvalue weighted by Gasteiger charge is 2.16. The van der Waals surface area contributed by atoms with Crippen LogP contribution in [0.3, 0.4) is 0 Å². The maximum absolute atomic E-state index is 12.2. The van der Waals surface area contributed by atoms with Gasteiger partial charge in [0.05, 0.1) is 11.4 Å². The summed E-state index contributed by atoms with van der Waals surface area (Å²) in [6.07, 6.45) is 0. The van der Waals surface area contributed by atoms with Gasteiger partial charge in [-0.1, -0.05) is 12.1 Å². The highest BCUT2D eigenvalue weighted by Crippen LogP contribution is 2.34. The van der Waals surface area contributed by atoms with E-state index < -0.39 is 0 Å². The van der Waals surface area contributed by atoms with Gasteiger partial charge in [-0.2, -0.15) is 11.3 Å². The average Bonchev–Trinajstić information content (AvgIpc) is 2.97. The second-order valence-corrected chi connectivity index (χ2v) is 6.14. The number of benzene rings is 1. The van der Waals surface area contributed by atoms with Gasteiger partial charge in [0, 0.05) is 15.5 Å². The fourth-order valence-corrected chi connectivity index (χ4v) is 3.62. The minimum Gasteiger partial charge on any atom is -0.397 e. The molecule has 0 spiro atoms. The van der Waals surface area contributed by atoms with Crippen molar-refractivity contribution in [2.75, 3.05) is 11.1 Å². The average molecular weight is 288 g/mol. The number of fused-ring (bicyclic) bond motifs is 1. The van der Waals surface area contributed by atoms with Gasteiger partial charge in [-0.25, -0.2) is 0 Å². The van der Waals surface area contributed by atoms with Gasteiger partial charge < -0.3 is 11.1 Å². The zero-order valence-corrected chi connectivity index (χ0v) is 11.9. The van der Waals surface area contributed by atoms with Gasteiger partial charge in [0.25, 0.3) is 5.91 Å². The first-order valence-corrected chi connectivity index (χ1v) is 7.53. The standard InChI is InChI=1S/C14H12N2OS2/c1-8-2-3-10-11(6-8)19-13(12(10)15)14(17)16-9-4-5-18-7-9/h2-7H,15H2,1H3,(H,16,17). The summed E-state index contributed by atoms with van der Waals surface area (Å²) >= 11 is 2.98. The summed E-state index contributed by atoms with van der Waals surface area (Å²) in [5.41, 5.74) is 8.61. The molecule has 0 radical (unpaired) electrons. The third-order valence-corrected chi connectivity index (χ3v) is 4.72. The van der Waals surface area contributed by atoms with Crippen molar-refractivity contribution in [1.29, 1.82) is 0 Å². The van der Waals surface area contributed by atoms with Crippen molar-refractivity contribution in [3.63, 3.8) is 0 Å². The zero-order valence-electron chi connectivity index (χ0n) is 10.3. The van der Waals surface area contributed by atoms with Gasteiger partial charge in [-0.05, 0) is 30.0 Å². The van der Waals surface area contributed by atoms with E-state index >= 15 is 0 Å². The maximum Gasteiger partial charge on any atom is 0.267 e. The van der Waals surface area contributed by atoms with Crippen LogP contribution in [0.4, 0.5) is 11.4 Å². The van der Waals surface area contributed by atoms with Crippen LogP contribution in [0.1, 0.15) is 15.2 Å². The Morgan fingerprint density at radius 3 is 2.89 bits per heavy atom. The predicted octanol–water partition coefficient (Wildman–Crippen LogP) is 4.11. The number of thiophene rings is 2. The molecule has 0 bridgehead atoms. The number of anilines is 2. The van der Waals surface area contributed by atoms with Crippen LogP contribution in [0, 0.1) is 6.92 Å². The molecule has 0 aliphatic rings. The molecule has 1 amide bonds. The van der Waals surface area contributed by atoms with Crippen molar-refractivity contribution in [2.45, 2.75) is 6.92 Å². The monoisotopic (exact) mass is 288 g/mol. The number of amides is 1. The van der Waals surface area contributed by atoms with Crippen LogP contribution in [0.15, 0.2) is 35.0 Å². The Morgan fingerprint density at radius 2 is 2.16 bits per heavy atom. The lowest BCUT2D eigenvalue weighted by atomic mass is 10.1. The third-order valence-electron chi connectivity index (χ3n) is 2.87. The third kappa shape index (κ3) is 2.22. The Balaban J connectivity index is 2.00. The van der Waals surface area contributed by atoms with Crippen molar-refractivity contribution in [2.24, 2.45) is 0 Å². The summed E-state index contributed by atoms with van der Waals surface area (Å²) in [5.74, 6) is -0.144. The highest BCUT2D eigenvalue weighted by molar-refractivity contribution is 7.21. The molecule has 0 unspecified atom stereocenters. The van der Waals surface area contributed by atoms with Crippen molar-refractivity contribution in [3.8, 4) is 0 Å². The van der Waals surface area contributed by atoms with Crippen LogP contribution in [0.5, 0.6) is 0 Å². The lowest BCUT2D eigenvalue weighted by Gasteiger charge is -2.01. The summed E-state index contributed by atoms with van der Waals surface area (Å²) in [7, 11) is 0. The molecule has 0 fully saturated rings. The lowest BCUT2D eigenvalue weighted by Crippen LogP contribution is -2.11. The lowest BCUT2D eigenvalue weighted by molar-refractivity contribution is 0.103. The molecule has 2 heterocycles. The molecule has 0 atom stereocenters.